The molecule has 7 N–H and O–H groups in total. The number of aromatic nitrogens is 2. The minimum atomic E-state index is -1.36. The Labute approximate surface area is 209 Å². The molecule has 2 aromatic carbocycles. The number of carbonyl (C=O) groups excluding carboxylic acids is 1. The van der Waals surface area contributed by atoms with E-state index >= 15 is 0 Å². The molecule has 0 spiro atoms. The zero-order valence-electron chi connectivity index (χ0n) is 19.5. The van der Waals surface area contributed by atoms with Crippen LogP contribution in [0.1, 0.15) is 35.2 Å². The summed E-state index contributed by atoms with van der Waals surface area (Å²) in [7, 11) is 0. The Bertz CT molecular complexity index is 1390. The van der Waals surface area contributed by atoms with Crippen LogP contribution < -0.4 is 21.5 Å². The number of carboxylic acid groups (broad SMARTS) is 3. The van der Waals surface area contributed by atoms with Gasteiger partial charge in [-0.25, -0.2) is 9.78 Å². The summed E-state index contributed by atoms with van der Waals surface area (Å²) in [6, 6.07) is 9.73. The predicted octanol–water partition coefficient (Wildman–Crippen LogP) is 1.03. The van der Waals surface area contributed by atoms with Gasteiger partial charge in [0.05, 0.1) is 17.3 Å². The van der Waals surface area contributed by atoms with Gasteiger partial charge in [-0.15, -0.1) is 0 Å². The number of rotatable bonds is 12. The SMILES string of the molecule is Nc1nc2ccc(CN(CCC(=O)O)c3ccc(C(=O)NC(CCC(=O)O)C(=O)O)cc3)cc2c(=O)[nH]1. The third-order valence-electron chi connectivity index (χ3n) is 5.50. The first kappa shape index (κ1) is 26.7. The van der Waals surface area contributed by atoms with Gasteiger partial charge in [0.2, 0.25) is 5.95 Å². The van der Waals surface area contributed by atoms with Gasteiger partial charge in [0, 0.05) is 30.8 Å². The molecule has 0 aliphatic carbocycles. The number of hydrogen-bond donors (Lipinski definition) is 6. The van der Waals surface area contributed by atoms with Crippen molar-refractivity contribution in [2.24, 2.45) is 0 Å². The molecule has 0 radical (unpaired) electrons. The van der Waals surface area contributed by atoms with Crippen molar-refractivity contribution in [2.75, 3.05) is 17.2 Å². The van der Waals surface area contributed by atoms with Gasteiger partial charge in [-0.3, -0.25) is 24.2 Å². The highest BCUT2D eigenvalue weighted by Crippen LogP contribution is 2.21. The highest BCUT2D eigenvalue weighted by molar-refractivity contribution is 5.97. The van der Waals surface area contributed by atoms with Crippen molar-refractivity contribution in [1.82, 2.24) is 15.3 Å². The quantitative estimate of drug-likeness (QED) is 0.202. The van der Waals surface area contributed by atoms with Gasteiger partial charge in [-0.1, -0.05) is 6.07 Å². The fourth-order valence-corrected chi connectivity index (χ4v) is 3.64. The lowest BCUT2D eigenvalue weighted by atomic mass is 10.1. The minimum absolute atomic E-state index is 0.00553. The number of nitrogen functional groups attached to an aromatic ring is 1. The molecule has 1 aromatic heterocycles. The number of carbonyl (C=O) groups is 4. The van der Waals surface area contributed by atoms with Crippen molar-refractivity contribution in [1.29, 1.82) is 0 Å². The molecule has 1 atom stereocenters. The van der Waals surface area contributed by atoms with Crippen molar-refractivity contribution in [2.45, 2.75) is 31.8 Å². The Balaban J connectivity index is 1.80. The number of H-pyrrole nitrogens is 1. The van der Waals surface area contributed by atoms with Crippen LogP contribution in [0, 0.1) is 0 Å². The Hall–Kier alpha value is -4.94. The summed E-state index contributed by atoms with van der Waals surface area (Å²) in [5.41, 5.74) is 7.03. The second kappa shape index (κ2) is 11.7. The van der Waals surface area contributed by atoms with Crippen LogP contribution in [0.15, 0.2) is 47.3 Å². The average Bonchev–Trinajstić information content (AvgIpc) is 2.84. The Morgan fingerprint density at radius 3 is 2.30 bits per heavy atom. The zero-order valence-corrected chi connectivity index (χ0v) is 19.5. The number of nitrogens with zero attached hydrogens (tertiary/aromatic N) is 2. The molecular weight excluding hydrogens is 486 g/mol. The normalized spacial score (nSPS) is 11.6. The molecule has 1 heterocycles. The van der Waals surface area contributed by atoms with Gasteiger partial charge < -0.3 is 31.3 Å². The topological polar surface area (TPSA) is 216 Å². The van der Waals surface area contributed by atoms with E-state index in [1.54, 1.807) is 35.2 Å². The van der Waals surface area contributed by atoms with E-state index in [-0.39, 0.29) is 37.4 Å². The lowest BCUT2D eigenvalue weighted by molar-refractivity contribution is -0.141. The Morgan fingerprint density at radius 1 is 1.00 bits per heavy atom. The van der Waals surface area contributed by atoms with Crippen molar-refractivity contribution >= 4 is 46.4 Å². The number of fused-ring (bicyclic) bond motifs is 1. The van der Waals surface area contributed by atoms with Crippen LogP contribution in [-0.2, 0) is 20.9 Å². The molecule has 3 aromatic rings. The summed E-state index contributed by atoms with van der Waals surface area (Å²) in [4.78, 5) is 66.3. The van der Waals surface area contributed by atoms with Crippen molar-refractivity contribution in [3.8, 4) is 0 Å². The van der Waals surface area contributed by atoms with Crippen LogP contribution in [0.3, 0.4) is 0 Å². The number of aliphatic carboxylic acids is 3. The average molecular weight is 511 g/mol. The molecule has 0 aliphatic rings. The lowest BCUT2D eigenvalue weighted by Crippen LogP contribution is -2.41. The van der Waals surface area contributed by atoms with Crippen LogP contribution in [0.25, 0.3) is 10.9 Å². The summed E-state index contributed by atoms with van der Waals surface area (Å²) < 4.78 is 0. The van der Waals surface area contributed by atoms with Crippen LogP contribution in [-0.4, -0.2) is 61.7 Å². The number of carboxylic acids is 3. The number of aromatic amines is 1. The first-order valence-electron chi connectivity index (χ1n) is 11.1. The van der Waals surface area contributed by atoms with Gasteiger partial charge in [-0.05, 0) is 48.4 Å². The molecule has 1 amide bonds. The van der Waals surface area contributed by atoms with Crippen molar-refractivity contribution in [3.63, 3.8) is 0 Å². The largest absolute Gasteiger partial charge is 0.481 e. The van der Waals surface area contributed by atoms with Crippen molar-refractivity contribution in [3.05, 3.63) is 63.9 Å². The molecule has 13 nitrogen and oxygen atoms in total. The van der Waals surface area contributed by atoms with Gasteiger partial charge in [0.15, 0.2) is 0 Å². The van der Waals surface area contributed by atoms with Gasteiger partial charge >= 0.3 is 17.9 Å². The molecule has 0 aliphatic heterocycles. The maximum Gasteiger partial charge on any atom is 0.326 e. The first-order chi connectivity index (χ1) is 17.5. The van der Waals surface area contributed by atoms with Gasteiger partial charge in [-0.2, -0.15) is 0 Å². The van der Waals surface area contributed by atoms with E-state index in [1.165, 1.54) is 12.1 Å². The van der Waals surface area contributed by atoms with E-state index in [0.717, 1.165) is 0 Å². The van der Waals surface area contributed by atoms with E-state index in [2.05, 4.69) is 15.3 Å². The molecule has 0 fully saturated rings. The lowest BCUT2D eigenvalue weighted by Gasteiger charge is -2.25. The number of benzene rings is 2. The molecule has 1 unspecified atom stereocenters. The highest BCUT2D eigenvalue weighted by Gasteiger charge is 2.22. The number of nitrogens with one attached hydrogen (secondary N) is 2. The van der Waals surface area contributed by atoms with Gasteiger partial charge in [0.1, 0.15) is 6.04 Å². The van der Waals surface area contributed by atoms with E-state index in [9.17, 15) is 34.2 Å². The molecule has 37 heavy (non-hydrogen) atoms. The summed E-state index contributed by atoms with van der Waals surface area (Å²) in [6.07, 6.45) is -0.856. The van der Waals surface area contributed by atoms with Gasteiger partial charge in [0.25, 0.3) is 11.5 Å². The Morgan fingerprint density at radius 2 is 1.68 bits per heavy atom. The van der Waals surface area contributed by atoms with E-state index in [4.69, 9.17) is 10.8 Å². The first-order valence-corrected chi connectivity index (χ1v) is 11.1. The molecule has 0 saturated carbocycles. The molecule has 0 bridgehead atoms. The molecule has 194 valence electrons. The number of anilines is 2. The molecular formula is C24H25N5O8. The molecule has 0 saturated heterocycles. The summed E-state index contributed by atoms with van der Waals surface area (Å²) in [6.45, 7) is 0.375. The fourth-order valence-electron chi connectivity index (χ4n) is 3.64. The van der Waals surface area contributed by atoms with E-state index in [1.807, 2.05) is 0 Å². The second-order valence-corrected chi connectivity index (χ2v) is 8.21. The zero-order chi connectivity index (χ0) is 27.1. The van der Waals surface area contributed by atoms with Crippen LogP contribution in [0.5, 0.6) is 0 Å². The highest BCUT2D eigenvalue weighted by atomic mass is 16.4. The maximum absolute atomic E-state index is 12.5. The van der Waals surface area contributed by atoms with E-state index < -0.39 is 41.8 Å². The third-order valence-corrected chi connectivity index (χ3v) is 5.50. The summed E-state index contributed by atoms with van der Waals surface area (Å²) in [5.74, 6) is -4.23. The maximum atomic E-state index is 12.5. The molecule has 13 heteroatoms. The number of nitrogens with two attached hydrogens (primary N) is 1. The standard InChI is InChI=1S/C24H25N5O8/c25-24-27-17-6-1-13(11-16(17)22(35)28-24)12-29(10-9-20(32)33)15-4-2-14(3-5-15)21(34)26-18(23(36)37)7-8-19(30)31/h1-6,11,18H,7-10,12H2,(H,26,34)(H,30,31)(H,32,33)(H,36,37)(H3,25,27,28,35). The number of amides is 1. The second-order valence-electron chi connectivity index (χ2n) is 8.21. The van der Waals surface area contributed by atoms with E-state index in [0.29, 0.717) is 22.2 Å². The van der Waals surface area contributed by atoms with Crippen LogP contribution in [0.2, 0.25) is 0 Å². The van der Waals surface area contributed by atoms with Crippen molar-refractivity contribution < 1.29 is 34.5 Å². The molecule has 3 rings (SSSR count). The fraction of sp³-hybridized carbons (Fsp3) is 0.250. The monoisotopic (exact) mass is 511 g/mol. The predicted molar refractivity (Wildman–Crippen MR) is 132 cm³/mol. The van der Waals surface area contributed by atoms with Crippen LogP contribution >= 0.6 is 0 Å². The summed E-state index contributed by atoms with van der Waals surface area (Å²) in [5, 5.41) is 29.8. The smallest absolute Gasteiger partial charge is 0.326 e. The summed E-state index contributed by atoms with van der Waals surface area (Å²) >= 11 is 0. The third kappa shape index (κ3) is 7.27. The minimum Gasteiger partial charge on any atom is -0.481 e. The number of hydrogen-bond acceptors (Lipinski definition) is 8. The Kier molecular flexibility index (Phi) is 8.40. The van der Waals surface area contributed by atoms with Crippen LogP contribution in [0.4, 0.5) is 11.6 Å².